The van der Waals surface area contributed by atoms with E-state index in [0.29, 0.717) is 12.6 Å². The molecule has 1 rings (SSSR count). The van der Waals surface area contributed by atoms with Gasteiger partial charge in [0.15, 0.2) is 0 Å². The quantitative estimate of drug-likeness (QED) is 0.819. The van der Waals surface area contributed by atoms with Gasteiger partial charge < -0.3 is 10.4 Å². The third kappa shape index (κ3) is 4.78. The molecule has 0 fully saturated rings. The molecule has 1 aromatic rings. The molecule has 0 bridgehead atoms. The molecule has 0 aliphatic rings. The summed E-state index contributed by atoms with van der Waals surface area (Å²) in [6.45, 7) is 11.0. The first-order valence-corrected chi connectivity index (χ1v) is 7.14. The van der Waals surface area contributed by atoms with Gasteiger partial charge in [-0.05, 0) is 45.2 Å². The van der Waals surface area contributed by atoms with Crippen LogP contribution in [0.4, 0.5) is 0 Å². The molecule has 0 radical (unpaired) electrons. The predicted octanol–water partition coefficient (Wildman–Crippen LogP) is 2.98. The smallest absolute Gasteiger partial charge is 0.0766 e. The number of aliphatic hydroxyl groups is 1. The first-order valence-electron chi connectivity index (χ1n) is 6.32. The van der Waals surface area contributed by atoms with Crippen molar-refractivity contribution < 1.29 is 5.11 Å². The van der Waals surface area contributed by atoms with E-state index in [9.17, 15) is 5.11 Å². The summed E-state index contributed by atoms with van der Waals surface area (Å²) in [4.78, 5) is 2.77. The molecular formula is C14H25NOS. The van der Waals surface area contributed by atoms with Gasteiger partial charge in [-0.3, -0.25) is 0 Å². The van der Waals surface area contributed by atoms with Crippen molar-refractivity contribution in [2.75, 3.05) is 6.54 Å². The summed E-state index contributed by atoms with van der Waals surface area (Å²) < 4.78 is 0. The molecule has 2 unspecified atom stereocenters. The van der Waals surface area contributed by atoms with Gasteiger partial charge in [0.25, 0.3) is 0 Å². The van der Waals surface area contributed by atoms with Crippen LogP contribution in [0.2, 0.25) is 0 Å². The Labute approximate surface area is 109 Å². The highest BCUT2D eigenvalue weighted by Crippen LogP contribution is 2.18. The summed E-state index contributed by atoms with van der Waals surface area (Å²) in [6, 6.07) is 4.76. The molecule has 3 heteroatoms. The van der Waals surface area contributed by atoms with E-state index in [-0.39, 0.29) is 5.92 Å². The van der Waals surface area contributed by atoms with E-state index >= 15 is 0 Å². The molecule has 2 atom stereocenters. The second-order valence-corrected chi connectivity index (χ2v) is 6.88. The maximum Gasteiger partial charge on any atom is 0.0766 e. The first-order chi connectivity index (χ1) is 7.81. The molecule has 0 aliphatic heterocycles. The van der Waals surface area contributed by atoms with Crippen molar-refractivity contribution >= 4 is 11.3 Å². The Morgan fingerprint density at radius 3 is 2.47 bits per heavy atom. The number of hydrogen-bond acceptors (Lipinski definition) is 3. The number of hydrogen-bond donors (Lipinski definition) is 2. The average Bonchev–Trinajstić information content (AvgIpc) is 2.61. The van der Waals surface area contributed by atoms with E-state index in [1.54, 1.807) is 0 Å². The number of thiophene rings is 1. The lowest BCUT2D eigenvalue weighted by Crippen LogP contribution is -2.45. The van der Waals surface area contributed by atoms with Crippen molar-refractivity contribution in [1.82, 2.24) is 5.32 Å². The summed E-state index contributed by atoms with van der Waals surface area (Å²) in [5.74, 6) is 0.270. The molecule has 0 saturated carbocycles. The van der Waals surface area contributed by atoms with E-state index in [4.69, 9.17) is 0 Å². The Kier molecular flexibility index (Phi) is 5.17. The second kappa shape index (κ2) is 5.98. The van der Waals surface area contributed by atoms with Crippen LogP contribution in [0.25, 0.3) is 0 Å². The molecule has 1 heterocycles. The Bertz CT molecular complexity index is 344. The lowest BCUT2D eigenvalue weighted by molar-refractivity contribution is 0.0123. The van der Waals surface area contributed by atoms with Crippen LogP contribution in [0, 0.1) is 12.8 Å². The Morgan fingerprint density at radius 2 is 2.00 bits per heavy atom. The minimum Gasteiger partial charge on any atom is -0.389 e. The van der Waals surface area contributed by atoms with Crippen molar-refractivity contribution in [2.24, 2.45) is 5.92 Å². The minimum absolute atomic E-state index is 0.270. The van der Waals surface area contributed by atoms with E-state index in [2.05, 4.69) is 45.1 Å². The van der Waals surface area contributed by atoms with Crippen molar-refractivity contribution in [3.63, 3.8) is 0 Å². The van der Waals surface area contributed by atoms with Crippen LogP contribution < -0.4 is 5.32 Å². The maximum atomic E-state index is 10.2. The van der Waals surface area contributed by atoms with Crippen molar-refractivity contribution in [3.8, 4) is 0 Å². The maximum absolute atomic E-state index is 10.2. The zero-order valence-electron chi connectivity index (χ0n) is 11.6. The van der Waals surface area contributed by atoms with E-state index in [1.807, 2.05) is 18.3 Å². The van der Waals surface area contributed by atoms with Gasteiger partial charge in [-0.1, -0.05) is 13.8 Å². The molecule has 0 spiro atoms. The standard InChI is InChI=1S/C14H25NOS/c1-10(2)14(5,16)9-15-11(3)8-13-7-6-12(4)17-13/h6-7,10-11,15-16H,8-9H2,1-5H3. The molecule has 0 aliphatic carbocycles. The first kappa shape index (κ1) is 14.7. The Balaban J connectivity index is 2.38. The third-order valence-corrected chi connectivity index (χ3v) is 4.38. The van der Waals surface area contributed by atoms with Crippen molar-refractivity contribution in [2.45, 2.75) is 52.7 Å². The lowest BCUT2D eigenvalue weighted by atomic mass is 9.92. The van der Waals surface area contributed by atoms with Gasteiger partial charge in [-0.2, -0.15) is 0 Å². The molecule has 98 valence electrons. The fourth-order valence-electron chi connectivity index (χ4n) is 1.55. The van der Waals surface area contributed by atoms with Gasteiger partial charge in [0, 0.05) is 22.3 Å². The zero-order valence-corrected chi connectivity index (χ0v) is 12.4. The molecule has 2 N–H and O–H groups in total. The van der Waals surface area contributed by atoms with Gasteiger partial charge in [0.1, 0.15) is 0 Å². The highest BCUT2D eigenvalue weighted by molar-refractivity contribution is 7.11. The van der Waals surface area contributed by atoms with Gasteiger partial charge in [-0.15, -0.1) is 11.3 Å². The van der Waals surface area contributed by atoms with Crippen LogP contribution in [-0.4, -0.2) is 23.3 Å². The van der Waals surface area contributed by atoms with Crippen molar-refractivity contribution in [1.29, 1.82) is 0 Å². The summed E-state index contributed by atoms with van der Waals surface area (Å²) >= 11 is 1.85. The largest absolute Gasteiger partial charge is 0.389 e. The van der Waals surface area contributed by atoms with Gasteiger partial charge >= 0.3 is 0 Å². The molecule has 0 aromatic carbocycles. The van der Waals surface area contributed by atoms with Crippen LogP contribution >= 0.6 is 11.3 Å². The summed E-state index contributed by atoms with van der Waals surface area (Å²) in [7, 11) is 0. The average molecular weight is 255 g/mol. The van der Waals surface area contributed by atoms with E-state index in [1.165, 1.54) is 9.75 Å². The third-order valence-electron chi connectivity index (χ3n) is 3.36. The zero-order chi connectivity index (χ0) is 13.1. The van der Waals surface area contributed by atoms with Crippen LogP contribution in [0.15, 0.2) is 12.1 Å². The molecular weight excluding hydrogens is 230 g/mol. The molecule has 0 saturated heterocycles. The number of rotatable bonds is 6. The highest BCUT2D eigenvalue weighted by Gasteiger charge is 2.24. The number of aryl methyl sites for hydroxylation is 1. The Hall–Kier alpha value is -0.380. The topological polar surface area (TPSA) is 32.3 Å². The van der Waals surface area contributed by atoms with Gasteiger partial charge in [-0.25, -0.2) is 0 Å². The lowest BCUT2D eigenvalue weighted by Gasteiger charge is -2.29. The fourth-order valence-corrected chi connectivity index (χ4v) is 2.57. The van der Waals surface area contributed by atoms with E-state index < -0.39 is 5.60 Å². The summed E-state index contributed by atoms with van der Waals surface area (Å²) in [5.41, 5.74) is -0.625. The number of nitrogens with one attached hydrogen (secondary N) is 1. The molecule has 17 heavy (non-hydrogen) atoms. The van der Waals surface area contributed by atoms with Gasteiger partial charge in [0.2, 0.25) is 0 Å². The second-order valence-electron chi connectivity index (χ2n) is 5.51. The normalized spacial score (nSPS) is 17.1. The van der Waals surface area contributed by atoms with Crippen molar-refractivity contribution in [3.05, 3.63) is 21.9 Å². The van der Waals surface area contributed by atoms with E-state index in [0.717, 1.165) is 6.42 Å². The monoisotopic (exact) mass is 255 g/mol. The van der Waals surface area contributed by atoms with Gasteiger partial charge in [0.05, 0.1) is 5.60 Å². The predicted molar refractivity (Wildman–Crippen MR) is 75.7 cm³/mol. The van der Waals surface area contributed by atoms with Crippen LogP contribution in [0.1, 0.15) is 37.4 Å². The molecule has 0 amide bonds. The highest BCUT2D eigenvalue weighted by atomic mass is 32.1. The molecule has 2 nitrogen and oxygen atoms in total. The minimum atomic E-state index is -0.625. The van der Waals surface area contributed by atoms with Crippen LogP contribution in [-0.2, 0) is 6.42 Å². The SMILES string of the molecule is Cc1ccc(CC(C)NCC(C)(O)C(C)C)s1. The molecule has 1 aromatic heterocycles. The summed E-state index contributed by atoms with van der Waals surface area (Å²) in [5, 5.41) is 13.6. The van der Waals surface area contributed by atoms with Crippen LogP contribution in [0.3, 0.4) is 0 Å². The Morgan fingerprint density at radius 1 is 1.35 bits per heavy atom. The fraction of sp³-hybridized carbons (Fsp3) is 0.714. The van der Waals surface area contributed by atoms with Crippen LogP contribution in [0.5, 0.6) is 0 Å². The summed E-state index contributed by atoms with van der Waals surface area (Å²) in [6.07, 6.45) is 1.03.